The summed E-state index contributed by atoms with van der Waals surface area (Å²) in [6.45, 7) is 6.20. The van der Waals surface area contributed by atoms with Crippen LogP contribution in [0, 0.1) is 0 Å². The summed E-state index contributed by atoms with van der Waals surface area (Å²) in [6.07, 6.45) is 3.54. The van der Waals surface area contributed by atoms with E-state index in [9.17, 15) is 4.79 Å². The van der Waals surface area contributed by atoms with Crippen molar-refractivity contribution in [1.82, 2.24) is 35.1 Å². The van der Waals surface area contributed by atoms with Gasteiger partial charge in [0.25, 0.3) is 0 Å². The number of carbonyl (C=O) groups is 1. The number of benzene rings is 1. The molecule has 1 amide bonds. The first-order chi connectivity index (χ1) is 12.1. The van der Waals surface area contributed by atoms with Crippen molar-refractivity contribution in [3.05, 3.63) is 54.4 Å². The van der Waals surface area contributed by atoms with Gasteiger partial charge in [-0.1, -0.05) is 32.0 Å². The number of aromatic nitrogens is 6. The molecule has 0 spiro atoms. The summed E-state index contributed by atoms with van der Waals surface area (Å²) in [5.74, 6) is 1.59. The van der Waals surface area contributed by atoms with Crippen molar-refractivity contribution >= 4 is 5.91 Å². The molecule has 0 fully saturated rings. The molecule has 0 aliphatic carbocycles. The van der Waals surface area contributed by atoms with E-state index in [0.717, 1.165) is 11.5 Å². The van der Waals surface area contributed by atoms with Crippen molar-refractivity contribution in [2.24, 2.45) is 0 Å². The molecule has 0 radical (unpaired) electrons. The monoisotopic (exact) mass is 339 g/mol. The Balaban J connectivity index is 1.69. The second-order valence-electron chi connectivity index (χ2n) is 6.08. The minimum absolute atomic E-state index is 0.109. The van der Waals surface area contributed by atoms with Crippen LogP contribution < -0.4 is 5.32 Å². The lowest BCUT2D eigenvalue weighted by atomic mass is 10.2. The summed E-state index contributed by atoms with van der Waals surface area (Å²) in [6, 6.07) is 9.20. The predicted octanol–water partition coefficient (Wildman–Crippen LogP) is 1.86. The Bertz CT molecular complexity index is 838. The number of hydrogen-bond donors (Lipinski definition) is 1. The van der Waals surface area contributed by atoms with Gasteiger partial charge in [0.15, 0.2) is 5.82 Å². The Morgan fingerprint density at radius 1 is 1.20 bits per heavy atom. The maximum Gasteiger partial charge on any atom is 0.243 e. The van der Waals surface area contributed by atoms with Gasteiger partial charge in [0, 0.05) is 18.3 Å². The van der Waals surface area contributed by atoms with Crippen LogP contribution in [0.1, 0.15) is 44.4 Å². The first kappa shape index (κ1) is 16.8. The van der Waals surface area contributed by atoms with E-state index in [1.54, 1.807) is 10.9 Å². The molecule has 1 aromatic carbocycles. The van der Waals surface area contributed by atoms with E-state index in [0.29, 0.717) is 5.82 Å². The van der Waals surface area contributed by atoms with Gasteiger partial charge < -0.3 is 9.88 Å². The van der Waals surface area contributed by atoms with Gasteiger partial charge >= 0.3 is 0 Å². The maximum absolute atomic E-state index is 12.5. The van der Waals surface area contributed by atoms with Crippen molar-refractivity contribution in [2.75, 3.05) is 0 Å². The molecular weight excluding hydrogens is 318 g/mol. The fourth-order valence-electron chi connectivity index (χ4n) is 2.63. The molecule has 1 unspecified atom stereocenters. The number of imidazole rings is 1. The Hall–Kier alpha value is -3.03. The third-order valence-electron chi connectivity index (χ3n) is 3.97. The highest BCUT2D eigenvalue weighted by Gasteiger charge is 2.20. The zero-order valence-corrected chi connectivity index (χ0v) is 14.5. The van der Waals surface area contributed by atoms with E-state index < -0.39 is 0 Å². The SMILES string of the molecule is CC(C)c1nccn1C(C)C(=O)NCc1nnnn1-c1ccccc1. The van der Waals surface area contributed by atoms with Crippen LogP contribution in [0.25, 0.3) is 5.69 Å². The minimum atomic E-state index is -0.360. The van der Waals surface area contributed by atoms with E-state index >= 15 is 0 Å². The summed E-state index contributed by atoms with van der Waals surface area (Å²) in [5.41, 5.74) is 0.849. The van der Waals surface area contributed by atoms with Crippen molar-refractivity contribution in [3.63, 3.8) is 0 Å². The molecule has 2 aromatic heterocycles. The number of rotatable bonds is 6. The zero-order chi connectivity index (χ0) is 17.8. The van der Waals surface area contributed by atoms with Gasteiger partial charge in [0.2, 0.25) is 5.91 Å². The van der Waals surface area contributed by atoms with Crippen LogP contribution in [-0.2, 0) is 11.3 Å². The normalized spacial score (nSPS) is 12.3. The minimum Gasteiger partial charge on any atom is -0.347 e. The van der Waals surface area contributed by atoms with Gasteiger partial charge in [-0.3, -0.25) is 4.79 Å². The first-order valence-corrected chi connectivity index (χ1v) is 8.21. The van der Waals surface area contributed by atoms with Crippen LogP contribution in [0.15, 0.2) is 42.7 Å². The zero-order valence-electron chi connectivity index (χ0n) is 14.5. The number of amides is 1. The Labute approximate surface area is 145 Å². The molecule has 3 aromatic rings. The lowest BCUT2D eigenvalue weighted by Crippen LogP contribution is -2.32. The summed E-state index contributed by atoms with van der Waals surface area (Å²) < 4.78 is 3.50. The molecule has 0 saturated carbocycles. The highest BCUT2D eigenvalue weighted by molar-refractivity contribution is 5.79. The van der Waals surface area contributed by atoms with Crippen LogP contribution in [0.5, 0.6) is 0 Å². The van der Waals surface area contributed by atoms with E-state index in [1.165, 1.54) is 0 Å². The van der Waals surface area contributed by atoms with Gasteiger partial charge in [0.1, 0.15) is 11.9 Å². The molecule has 2 heterocycles. The number of nitrogens with zero attached hydrogens (tertiary/aromatic N) is 6. The summed E-state index contributed by atoms with van der Waals surface area (Å²) >= 11 is 0. The number of tetrazole rings is 1. The van der Waals surface area contributed by atoms with Gasteiger partial charge in [-0.05, 0) is 29.5 Å². The van der Waals surface area contributed by atoms with Crippen molar-refractivity contribution in [1.29, 1.82) is 0 Å². The molecule has 0 saturated heterocycles. The second kappa shape index (κ2) is 7.25. The average molecular weight is 339 g/mol. The van der Waals surface area contributed by atoms with E-state index in [4.69, 9.17) is 0 Å². The Morgan fingerprint density at radius 2 is 1.96 bits per heavy atom. The topological polar surface area (TPSA) is 90.5 Å². The molecule has 25 heavy (non-hydrogen) atoms. The number of carbonyl (C=O) groups excluding carboxylic acids is 1. The third-order valence-corrected chi connectivity index (χ3v) is 3.97. The third kappa shape index (κ3) is 3.57. The standard InChI is InChI=1S/C17H21N7O/c1-12(2)16-18-9-10-23(16)13(3)17(25)19-11-15-20-21-22-24(15)14-7-5-4-6-8-14/h4-10,12-13H,11H2,1-3H3,(H,19,25). The van der Waals surface area contributed by atoms with Crippen LogP contribution in [0.4, 0.5) is 0 Å². The molecule has 1 atom stereocenters. The fraction of sp³-hybridized carbons (Fsp3) is 0.353. The first-order valence-electron chi connectivity index (χ1n) is 8.21. The molecule has 3 rings (SSSR count). The Morgan fingerprint density at radius 3 is 2.68 bits per heavy atom. The quantitative estimate of drug-likeness (QED) is 0.740. The maximum atomic E-state index is 12.5. The highest BCUT2D eigenvalue weighted by atomic mass is 16.2. The smallest absolute Gasteiger partial charge is 0.243 e. The molecule has 1 N–H and O–H groups in total. The molecule has 130 valence electrons. The summed E-state index contributed by atoms with van der Waals surface area (Å²) in [7, 11) is 0. The summed E-state index contributed by atoms with van der Waals surface area (Å²) in [4.78, 5) is 16.9. The van der Waals surface area contributed by atoms with Gasteiger partial charge in [-0.25, -0.2) is 4.98 Å². The molecule has 0 aliphatic heterocycles. The molecule has 8 nitrogen and oxygen atoms in total. The largest absolute Gasteiger partial charge is 0.347 e. The number of para-hydroxylation sites is 1. The predicted molar refractivity (Wildman–Crippen MR) is 92.0 cm³/mol. The van der Waals surface area contributed by atoms with Crippen LogP contribution in [-0.4, -0.2) is 35.7 Å². The Kier molecular flexibility index (Phi) is 4.87. The van der Waals surface area contributed by atoms with Gasteiger partial charge in [0.05, 0.1) is 12.2 Å². The molecular formula is C17H21N7O. The van der Waals surface area contributed by atoms with E-state index in [-0.39, 0.29) is 24.4 Å². The molecule has 8 heteroatoms. The van der Waals surface area contributed by atoms with Gasteiger partial charge in [-0.15, -0.1) is 5.10 Å². The van der Waals surface area contributed by atoms with Crippen LogP contribution in [0.3, 0.4) is 0 Å². The van der Waals surface area contributed by atoms with Crippen molar-refractivity contribution in [3.8, 4) is 5.69 Å². The van der Waals surface area contributed by atoms with E-state index in [2.05, 4.69) is 39.7 Å². The van der Waals surface area contributed by atoms with E-state index in [1.807, 2.05) is 48.0 Å². The van der Waals surface area contributed by atoms with Crippen LogP contribution >= 0.6 is 0 Å². The summed E-state index contributed by atoms with van der Waals surface area (Å²) in [5, 5.41) is 14.6. The van der Waals surface area contributed by atoms with Gasteiger partial charge in [-0.2, -0.15) is 4.68 Å². The van der Waals surface area contributed by atoms with Crippen molar-refractivity contribution in [2.45, 2.75) is 39.3 Å². The number of nitrogens with one attached hydrogen (secondary N) is 1. The van der Waals surface area contributed by atoms with Crippen LogP contribution in [0.2, 0.25) is 0 Å². The lowest BCUT2D eigenvalue weighted by Gasteiger charge is -2.17. The fourth-order valence-corrected chi connectivity index (χ4v) is 2.63. The molecule has 0 bridgehead atoms. The molecule has 0 aliphatic rings. The van der Waals surface area contributed by atoms with Crippen molar-refractivity contribution < 1.29 is 4.79 Å². The average Bonchev–Trinajstić information content (AvgIpc) is 3.28. The highest BCUT2D eigenvalue weighted by Crippen LogP contribution is 2.17. The number of hydrogen-bond acceptors (Lipinski definition) is 5. The second-order valence-corrected chi connectivity index (χ2v) is 6.08. The lowest BCUT2D eigenvalue weighted by molar-refractivity contribution is -0.124.